The lowest BCUT2D eigenvalue weighted by atomic mass is 9.94. The molecule has 1 aromatic heterocycles. The van der Waals surface area contributed by atoms with E-state index in [2.05, 4.69) is 35.9 Å². The molecule has 106 valence electrons. The van der Waals surface area contributed by atoms with Crippen LogP contribution >= 0.6 is 0 Å². The Balaban J connectivity index is 1.62. The molecule has 1 unspecified atom stereocenters. The van der Waals surface area contributed by atoms with Gasteiger partial charge in [0.1, 0.15) is 12.4 Å². The van der Waals surface area contributed by atoms with Crippen molar-refractivity contribution >= 4 is 0 Å². The maximum Gasteiger partial charge on any atom is 0.119 e. The summed E-state index contributed by atoms with van der Waals surface area (Å²) in [5.74, 6) is 0.947. The number of fused-ring (bicyclic) bond motifs is 1. The Morgan fingerprint density at radius 1 is 1.35 bits per heavy atom. The second-order valence-electron chi connectivity index (χ2n) is 5.57. The molecule has 3 nitrogen and oxygen atoms in total. The summed E-state index contributed by atoms with van der Waals surface area (Å²) < 4.78 is 8.12. The molecular weight excluding hydrogens is 248 g/mol. The van der Waals surface area contributed by atoms with Crippen LogP contribution in [0.4, 0.5) is 0 Å². The topological polar surface area (TPSA) is 40.2 Å². The van der Waals surface area contributed by atoms with Crippen molar-refractivity contribution in [1.29, 1.82) is 0 Å². The quantitative estimate of drug-likeness (QED) is 0.926. The highest BCUT2D eigenvalue weighted by Crippen LogP contribution is 2.28. The minimum atomic E-state index is 0.220. The Hall–Kier alpha value is -1.74. The van der Waals surface area contributed by atoms with Crippen molar-refractivity contribution in [1.82, 2.24) is 4.57 Å². The Labute approximate surface area is 120 Å². The standard InChI is InChI=1S/C17H22N2O/c1-13-4-2-5-14(12-13)20-11-10-19-9-8-15-16(18)6-3-7-17(15)19/h2,4-5,8-9,12,16H,3,6-7,10-11,18H2,1H3. The molecule has 3 rings (SSSR count). The van der Waals surface area contributed by atoms with E-state index in [0.29, 0.717) is 6.61 Å². The zero-order valence-electron chi connectivity index (χ0n) is 12.0. The molecule has 0 amide bonds. The summed E-state index contributed by atoms with van der Waals surface area (Å²) in [5, 5.41) is 0. The van der Waals surface area contributed by atoms with Gasteiger partial charge in [0.25, 0.3) is 0 Å². The molecule has 1 aliphatic carbocycles. The molecule has 2 aromatic rings. The molecule has 3 heteroatoms. The van der Waals surface area contributed by atoms with Crippen LogP contribution in [0.1, 0.15) is 35.7 Å². The van der Waals surface area contributed by atoms with Gasteiger partial charge in [0.05, 0.1) is 6.54 Å². The van der Waals surface area contributed by atoms with Gasteiger partial charge >= 0.3 is 0 Å². The largest absolute Gasteiger partial charge is 0.492 e. The fourth-order valence-electron chi connectivity index (χ4n) is 2.97. The zero-order valence-corrected chi connectivity index (χ0v) is 12.0. The number of benzene rings is 1. The van der Waals surface area contributed by atoms with E-state index in [4.69, 9.17) is 10.5 Å². The molecule has 1 heterocycles. The molecular formula is C17H22N2O. The number of nitrogens with zero attached hydrogens (tertiary/aromatic N) is 1. The Kier molecular flexibility index (Phi) is 3.79. The number of ether oxygens (including phenoxy) is 1. The van der Waals surface area contributed by atoms with Crippen molar-refractivity contribution < 1.29 is 4.74 Å². The summed E-state index contributed by atoms with van der Waals surface area (Å²) in [6.45, 7) is 3.66. The van der Waals surface area contributed by atoms with E-state index in [0.717, 1.165) is 25.1 Å². The molecule has 0 bridgehead atoms. The van der Waals surface area contributed by atoms with Crippen LogP contribution in [0.5, 0.6) is 5.75 Å². The van der Waals surface area contributed by atoms with E-state index in [9.17, 15) is 0 Å². The SMILES string of the molecule is Cc1cccc(OCCn2ccc3c2CCCC3N)c1. The highest BCUT2D eigenvalue weighted by molar-refractivity contribution is 5.29. The summed E-state index contributed by atoms with van der Waals surface area (Å²) in [4.78, 5) is 0. The lowest BCUT2D eigenvalue weighted by molar-refractivity contribution is 0.295. The normalized spacial score (nSPS) is 17.8. The predicted octanol–water partition coefficient (Wildman–Crippen LogP) is 3.21. The van der Waals surface area contributed by atoms with Gasteiger partial charge in [-0.25, -0.2) is 0 Å². The van der Waals surface area contributed by atoms with E-state index in [1.54, 1.807) is 0 Å². The van der Waals surface area contributed by atoms with Crippen LogP contribution in [-0.4, -0.2) is 11.2 Å². The fraction of sp³-hybridized carbons (Fsp3) is 0.412. The minimum absolute atomic E-state index is 0.220. The first-order valence-corrected chi connectivity index (χ1v) is 7.37. The Morgan fingerprint density at radius 2 is 2.25 bits per heavy atom. The van der Waals surface area contributed by atoms with E-state index >= 15 is 0 Å². The number of hydrogen-bond acceptors (Lipinski definition) is 2. The number of rotatable bonds is 4. The van der Waals surface area contributed by atoms with Crippen molar-refractivity contribution in [2.24, 2.45) is 5.73 Å². The molecule has 2 N–H and O–H groups in total. The lowest BCUT2D eigenvalue weighted by Crippen LogP contribution is -2.19. The third-order valence-corrected chi connectivity index (χ3v) is 4.03. The van der Waals surface area contributed by atoms with Gasteiger partial charge < -0.3 is 15.0 Å². The molecule has 1 atom stereocenters. The Morgan fingerprint density at radius 3 is 3.10 bits per heavy atom. The van der Waals surface area contributed by atoms with E-state index in [-0.39, 0.29) is 6.04 Å². The second-order valence-corrected chi connectivity index (χ2v) is 5.57. The number of aromatic nitrogens is 1. The lowest BCUT2D eigenvalue weighted by Gasteiger charge is -2.21. The van der Waals surface area contributed by atoms with Crippen molar-refractivity contribution in [2.75, 3.05) is 6.61 Å². The highest BCUT2D eigenvalue weighted by Gasteiger charge is 2.19. The smallest absolute Gasteiger partial charge is 0.119 e. The number of aryl methyl sites for hydroxylation is 1. The van der Waals surface area contributed by atoms with Crippen molar-refractivity contribution in [2.45, 2.75) is 38.8 Å². The van der Waals surface area contributed by atoms with Crippen LogP contribution in [0, 0.1) is 6.92 Å². The predicted molar refractivity (Wildman–Crippen MR) is 81.0 cm³/mol. The average molecular weight is 270 g/mol. The minimum Gasteiger partial charge on any atom is -0.492 e. The van der Waals surface area contributed by atoms with Gasteiger partial charge in [0.15, 0.2) is 0 Å². The van der Waals surface area contributed by atoms with Gasteiger partial charge in [-0.3, -0.25) is 0 Å². The number of nitrogens with two attached hydrogens (primary N) is 1. The van der Waals surface area contributed by atoms with Crippen molar-refractivity contribution in [3.63, 3.8) is 0 Å². The van der Waals surface area contributed by atoms with Gasteiger partial charge in [-0.2, -0.15) is 0 Å². The van der Waals surface area contributed by atoms with Gasteiger partial charge in [0, 0.05) is 17.9 Å². The summed E-state index contributed by atoms with van der Waals surface area (Å²) in [6, 6.07) is 10.6. The maximum absolute atomic E-state index is 6.15. The van der Waals surface area contributed by atoms with Crippen molar-refractivity contribution in [3.05, 3.63) is 53.3 Å². The molecule has 0 saturated carbocycles. The van der Waals surface area contributed by atoms with Crippen LogP contribution in [-0.2, 0) is 13.0 Å². The fourth-order valence-corrected chi connectivity index (χ4v) is 2.97. The maximum atomic E-state index is 6.15. The molecule has 0 aliphatic heterocycles. The first-order valence-electron chi connectivity index (χ1n) is 7.37. The molecule has 0 saturated heterocycles. The van der Waals surface area contributed by atoms with Crippen LogP contribution in [0.2, 0.25) is 0 Å². The van der Waals surface area contributed by atoms with Gasteiger partial charge in [-0.15, -0.1) is 0 Å². The van der Waals surface area contributed by atoms with Crippen LogP contribution < -0.4 is 10.5 Å². The molecule has 0 spiro atoms. The first kappa shape index (κ1) is 13.3. The third-order valence-electron chi connectivity index (χ3n) is 4.03. The summed E-state index contributed by atoms with van der Waals surface area (Å²) in [6.07, 6.45) is 5.59. The highest BCUT2D eigenvalue weighted by atomic mass is 16.5. The van der Waals surface area contributed by atoms with Crippen molar-refractivity contribution in [3.8, 4) is 5.75 Å². The molecule has 1 aliphatic rings. The van der Waals surface area contributed by atoms with Crippen LogP contribution in [0.15, 0.2) is 36.5 Å². The third kappa shape index (κ3) is 2.73. The number of hydrogen-bond donors (Lipinski definition) is 1. The molecule has 0 radical (unpaired) electrons. The Bertz CT molecular complexity index is 588. The van der Waals surface area contributed by atoms with Crippen LogP contribution in [0.25, 0.3) is 0 Å². The second kappa shape index (κ2) is 5.71. The summed E-state index contributed by atoms with van der Waals surface area (Å²) in [7, 11) is 0. The molecule has 1 aromatic carbocycles. The van der Waals surface area contributed by atoms with E-state index < -0.39 is 0 Å². The van der Waals surface area contributed by atoms with Crippen LogP contribution in [0.3, 0.4) is 0 Å². The van der Waals surface area contributed by atoms with E-state index in [1.165, 1.54) is 23.2 Å². The zero-order chi connectivity index (χ0) is 13.9. The average Bonchev–Trinajstić information content (AvgIpc) is 2.84. The van der Waals surface area contributed by atoms with Gasteiger partial charge in [-0.1, -0.05) is 12.1 Å². The monoisotopic (exact) mass is 270 g/mol. The summed E-state index contributed by atoms with van der Waals surface area (Å²) in [5.41, 5.74) is 10.1. The van der Waals surface area contributed by atoms with Gasteiger partial charge in [0.2, 0.25) is 0 Å². The van der Waals surface area contributed by atoms with Gasteiger partial charge in [-0.05, 0) is 55.5 Å². The summed E-state index contributed by atoms with van der Waals surface area (Å²) >= 11 is 0. The molecule has 20 heavy (non-hydrogen) atoms. The van der Waals surface area contributed by atoms with E-state index in [1.807, 2.05) is 12.1 Å². The first-order chi connectivity index (χ1) is 9.74. The molecule has 0 fully saturated rings.